The zero-order chi connectivity index (χ0) is 72.5. The van der Waals surface area contributed by atoms with Crippen molar-refractivity contribution in [1.29, 1.82) is 0 Å². The maximum Gasteiger partial charge on any atom is 0.416 e. The highest BCUT2D eigenvalue weighted by atomic mass is 19.4. The number of ether oxygens (including phenoxy) is 3. The molecule has 16 nitrogen and oxygen atoms in total. The van der Waals surface area contributed by atoms with E-state index < -0.39 is 59.2 Å². The maximum absolute atomic E-state index is 14.0. The lowest BCUT2D eigenvalue weighted by Crippen LogP contribution is -2.49. The monoisotopic (exact) mass is 1400 g/mol. The topological polar surface area (TPSA) is 148 Å². The summed E-state index contributed by atoms with van der Waals surface area (Å²) in [6.07, 6.45) is -2.55. The smallest absolute Gasteiger partial charge is 0.416 e. The number of nitrogens with zero attached hydrogens (tertiary/aromatic N) is 7. The zero-order valence-electron chi connectivity index (χ0n) is 58.7. The molecule has 1 N–H and O–H groups in total. The molecular weight excluding hydrogens is 1310 g/mol. The van der Waals surface area contributed by atoms with Crippen molar-refractivity contribution in [1.82, 2.24) is 34.3 Å². The number of amides is 5. The second-order valence-electron chi connectivity index (χ2n) is 27.1. The molecule has 1 spiro atoms. The molecule has 0 saturated carbocycles. The lowest BCUT2D eigenvalue weighted by Gasteiger charge is -2.44. The summed E-state index contributed by atoms with van der Waals surface area (Å²) in [6, 6.07) is 40.1. The number of hydrogen-bond acceptors (Lipinski definition) is 11. The van der Waals surface area contributed by atoms with E-state index in [1.165, 1.54) is 35.4 Å². The van der Waals surface area contributed by atoms with Gasteiger partial charge in [0, 0.05) is 102 Å². The molecule has 1 aliphatic carbocycles. The summed E-state index contributed by atoms with van der Waals surface area (Å²) in [7, 11) is 7.58. The van der Waals surface area contributed by atoms with Crippen LogP contribution in [0.15, 0.2) is 146 Å². The molecule has 3 saturated heterocycles. The first-order chi connectivity index (χ1) is 48.3. The molecule has 6 aromatic rings. The van der Waals surface area contributed by atoms with Crippen molar-refractivity contribution in [2.45, 2.75) is 127 Å². The predicted molar refractivity (Wildman–Crippen MR) is 374 cm³/mol. The number of unbranched alkanes of at least 4 members (excludes halogenated alkanes) is 2. The highest BCUT2D eigenvalue weighted by molar-refractivity contribution is 5.96. The van der Waals surface area contributed by atoms with Gasteiger partial charge in [-0.3, -0.25) is 24.5 Å². The van der Waals surface area contributed by atoms with E-state index >= 15 is 0 Å². The van der Waals surface area contributed by atoms with Crippen LogP contribution in [-0.2, 0) is 60.1 Å². The molecule has 544 valence electrons. The molecule has 3 heterocycles. The minimum absolute atomic E-state index is 0.0147. The molecule has 10 rings (SSSR count). The molecule has 3 aliphatic heterocycles. The van der Waals surface area contributed by atoms with Gasteiger partial charge in [0.2, 0.25) is 11.8 Å². The number of piperidine rings is 2. The lowest BCUT2D eigenvalue weighted by atomic mass is 9.72. The summed E-state index contributed by atoms with van der Waals surface area (Å²) < 4.78 is 114. The third-order valence-electron chi connectivity index (χ3n) is 20.2. The quantitative estimate of drug-likeness (QED) is 0.0409. The first-order valence-corrected chi connectivity index (χ1v) is 35.0. The van der Waals surface area contributed by atoms with Crippen LogP contribution in [0, 0.1) is 5.82 Å². The number of likely N-dealkylation sites (tertiary alicyclic amines) is 2. The molecule has 5 amide bonds. The fourth-order valence-electron chi connectivity index (χ4n) is 14.1. The van der Waals surface area contributed by atoms with Crippen LogP contribution >= 0.6 is 0 Å². The molecule has 4 aliphatic rings. The van der Waals surface area contributed by atoms with Crippen LogP contribution in [0.3, 0.4) is 0 Å². The van der Waals surface area contributed by atoms with Gasteiger partial charge in [0.05, 0.1) is 29.5 Å². The molecule has 101 heavy (non-hydrogen) atoms. The number of carbonyl (C=O) groups excluding carboxylic acids is 5. The number of benzene rings is 6. The Morgan fingerprint density at radius 3 is 1.99 bits per heavy atom. The van der Waals surface area contributed by atoms with Gasteiger partial charge in [0.15, 0.2) is 0 Å². The molecule has 0 radical (unpaired) electrons. The number of para-hydroxylation sites is 1. The van der Waals surface area contributed by atoms with Gasteiger partial charge in [-0.2, -0.15) is 26.3 Å². The Hall–Kier alpha value is -8.22. The van der Waals surface area contributed by atoms with Gasteiger partial charge in [-0.25, -0.2) is 9.18 Å². The van der Waals surface area contributed by atoms with Gasteiger partial charge in [-0.1, -0.05) is 116 Å². The second-order valence-corrected chi connectivity index (χ2v) is 27.1. The average molecular weight is 1410 g/mol. The Morgan fingerprint density at radius 2 is 1.31 bits per heavy atom. The van der Waals surface area contributed by atoms with Crippen molar-refractivity contribution in [2.75, 3.05) is 119 Å². The SMILES string of the molecule is CCCN(C)C(=O)c1ccccc1CN(C)CCCCCC(=O)N(C)CCN1CCC(OC(=O)Nc2ccccc2-c2ccccc2)CC1.CCN(C)C(=O)CO[C@H]1Cc2ccccc2C12CCN(CC[C@@]1(c3ccc(F)cc3)CN(C(=O)c3cc(C(F)(F)F)cc(C(F)(F)F)c3)CO1)CC2. The van der Waals surface area contributed by atoms with E-state index in [1.54, 1.807) is 16.8 Å². The van der Waals surface area contributed by atoms with Crippen molar-refractivity contribution in [3.05, 3.63) is 196 Å². The average Bonchev–Trinajstić information content (AvgIpc) is 1.61. The third kappa shape index (κ3) is 20.3. The molecule has 0 aromatic heterocycles. The summed E-state index contributed by atoms with van der Waals surface area (Å²) in [4.78, 5) is 77.7. The number of anilines is 1. The van der Waals surface area contributed by atoms with E-state index in [0.717, 1.165) is 123 Å². The fourth-order valence-corrected chi connectivity index (χ4v) is 14.1. The van der Waals surface area contributed by atoms with Crippen LogP contribution in [0.5, 0.6) is 0 Å². The van der Waals surface area contributed by atoms with Crippen molar-refractivity contribution in [2.24, 2.45) is 0 Å². The number of nitrogens with one attached hydrogen (secondary N) is 1. The molecule has 0 bridgehead atoms. The summed E-state index contributed by atoms with van der Waals surface area (Å²) in [5, 5.41) is 2.94. The molecular formula is C78H95F7N8O8. The molecule has 2 atom stereocenters. The van der Waals surface area contributed by atoms with Gasteiger partial charge in [0.1, 0.15) is 30.9 Å². The molecule has 3 fully saturated rings. The van der Waals surface area contributed by atoms with Gasteiger partial charge < -0.3 is 48.5 Å². The fraction of sp³-hybridized carbons (Fsp3) is 0.474. The van der Waals surface area contributed by atoms with Gasteiger partial charge in [0.25, 0.3) is 11.8 Å². The summed E-state index contributed by atoms with van der Waals surface area (Å²) in [6.45, 7) is 11.4. The van der Waals surface area contributed by atoms with Crippen LogP contribution < -0.4 is 5.32 Å². The van der Waals surface area contributed by atoms with Crippen LogP contribution in [0.1, 0.15) is 132 Å². The number of alkyl halides is 6. The standard InChI is InChI=1S/C40H55N5O4.C38H40F7N3O4/c1-5-25-44(4)39(47)36-20-12-11-18-33(36)31-42(2)26-15-7-10-22-38(46)43(3)29-30-45-27-23-34(24-28-45)49-40(48)41-37-21-14-13-19-35(37)32-16-8-6-9-17-32;1-3-46(2)33(49)22-51-32-20-25-6-4-5-7-31(25)35(32)12-15-47(16-13-35)17-14-36(27-8-10-30(39)11-9-27)23-48(24-52-36)34(50)26-18-28(37(40,41)42)21-29(19-26)38(43,44)45/h6,8-9,11-14,16-21,34H,5,7,10,15,22-31H2,1-4H3,(H,41,48);4-11,18-19,21,32H,3,12-17,20,22-24H2,1-2H3/t;32-,36-/m.0/s1. The number of carbonyl (C=O) groups is 5. The largest absolute Gasteiger partial charge is 0.446 e. The molecule has 6 aromatic carbocycles. The maximum atomic E-state index is 14.0. The molecule has 23 heteroatoms. The van der Waals surface area contributed by atoms with Crippen LogP contribution in [0.2, 0.25) is 0 Å². The number of likely N-dealkylation sites (N-methyl/N-ethyl adjacent to an activating group) is 2. The Bertz CT molecular complexity index is 3700. The van der Waals surface area contributed by atoms with E-state index in [0.29, 0.717) is 69.7 Å². The first-order valence-electron chi connectivity index (χ1n) is 35.0. The lowest BCUT2D eigenvalue weighted by molar-refractivity contribution is -0.143. The number of fused-ring (bicyclic) bond motifs is 2. The second kappa shape index (κ2) is 35.1. The van der Waals surface area contributed by atoms with E-state index in [4.69, 9.17) is 14.2 Å². The highest BCUT2D eigenvalue weighted by Crippen LogP contribution is 2.49. The first kappa shape index (κ1) is 76.9. The molecule has 0 unspecified atom stereocenters. The predicted octanol–water partition coefficient (Wildman–Crippen LogP) is 14.0. The van der Waals surface area contributed by atoms with Gasteiger partial charge in [-0.05, 0) is 162 Å². The summed E-state index contributed by atoms with van der Waals surface area (Å²) in [5.41, 5.74) is 2.07. The number of hydrogen-bond donors (Lipinski definition) is 1. The van der Waals surface area contributed by atoms with Gasteiger partial charge >= 0.3 is 18.4 Å². The Morgan fingerprint density at radius 1 is 0.663 bits per heavy atom. The number of halogens is 7. The normalized spacial score (nSPS) is 17.8. The van der Waals surface area contributed by atoms with E-state index in [2.05, 4.69) is 46.1 Å². The summed E-state index contributed by atoms with van der Waals surface area (Å²) >= 11 is 0. The van der Waals surface area contributed by atoms with E-state index in [9.17, 15) is 54.7 Å². The Kier molecular flexibility index (Phi) is 26.7. The van der Waals surface area contributed by atoms with Gasteiger partial charge in [-0.15, -0.1) is 0 Å². The Balaban J connectivity index is 0.000000236. The highest BCUT2D eigenvalue weighted by Gasteiger charge is 2.50. The zero-order valence-corrected chi connectivity index (χ0v) is 58.7. The van der Waals surface area contributed by atoms with Crippen LogP contribution in [-0.4, -0.2) is 190 Å². The minimum Gasteiger partial charge on any atom is -0.446 e. The third-order valence-corrected chi connectivity index (χ3v) is 20.2. The van der Waals surface area contributed by atoms with Crippen molar-refractivity contribution >= 4 is 35.4 Å². The van der Waals surface area contributed by atoms with E-state index in [-0.39, 0.29) is 54.6 Å². The van der Waals surface area contributed by atoms with Crippen molar-refractivity contribution in [3.8, 4) is 11.1 Å². The number of rotatable bonds is 26. The van der Waals surface area contributed by atoms with E-state index in [1.807, 2.05) is 117 Å². The summed E-state index contributed by atoms with van der Waals surface area (Å²) in [5.74, 6) is -1.38. The minimum atomic E-state index is -5.11. The Labute approximate surface area is 588 Å². The van der Waals surface area contributed by atoms with Crippen molar-refractivity contribution < 1.29 is 68.9 Å². The van der Waals surface area contributed by atoms with Crippen LogP contribution in [0.4, 0.5) is 41.2 Å². The van der Waals surface area contributed by atoms with Crippen LogP contribution in [0.25, 0.3) is 11.1 Å². The van der Waals surface area contributed by atoms with Crippen molar-refractivity contribution in [3.63, 3.8) is 0 Å².